The molecule has 0 aliphatic rings. The van der Waals surface area contributed by atoms with Crippen molar-refractivity contribution in [2.75, 3.05) is 13.2 Å². The second-order valence-corrected chi connectivity index (χ2v) is 7.13. The maximum Gasteiger partial charge on any atom is 0.258 e. The van der Waals surface area contributed by atoms with Crippen LogP contribution in [0, 0.1) is 0 Å². The third kappa shape index (κ3) is 9.43. The van der Waals surface area contributed by atoms with Gasteiger partial charge in [0.15, 0.2) is 6.61 Å². The summed E-state index contributed by atoms with van der Waals surface area (Å²) in [5.74, 6) is 0.525. The number of ether oxygens (including phenoxy) is 1. The van der Waals surface area contributed by atoms with Crippen molar-refractivity contribution in [3.63, 3.8) is 0 Å². The van der Waals surface area contributed by atoms with Crippen molar-refractivity contribution in [2.24, 2.45) is 0 Å². The molecule has 1 aromatic rings. The van der Waals surface area contributed by atoms with Crippen LogP contribution in [0.3, 0.4) is 0 Å². The summed E-state index contributed by atoms with van der Waals surface area (Å²) < 4.78 is 5.46. The summed E-state index contributed by atoms with van der Waals surface area (Å²) in [6.45, 7) is 10.4. The van der Waals surface area contributed by atoms with Crippen LogP contribution in [0.1, 0.15) is 40.2 Å². The summed E-state index contributed by atoms with van der Waals surface area (Å²) in [6.07, 6.45) is 0. The smallest absolute Gasteiger partial charge is 0.258 e. The number of amides is 1. The maximum atomic E-state index is 11.7. The number of hydrogen-bond acceptors (Lipinski definition) is 4. The molecule has 1 amide bonds. The number of nitrogens with one attached hydrogen (secondary N) is 2. The van der Waals surface area contributed by atoms with E-state index in [-0.39, 0.29) is 42.6 Å². The Hall–Kier alpha value is -1.30. The van der Waals surface area contributed by atoms with E-state index in [0.717, 1.165) is 5.56 Å². The van der Waals surface area contributed by atoms with Gasteiger partial charge in [-0.25, -0.2) is 0 Å². The van der Waals surface area contributed by atoms with Crippen molar-refractivity contribution in [1.82, 2.24) is 10.6 Å². The largest absolute Gasteiger partial charge is 0.484 e. The molecule has 0 heterocycles. The highest BCUT2D eigenvalue weighted by atomic mass is 35.5. The first-order chi connectivity index (χ1) is 10.1. The van der Waals surface area contributed by atoms with E-state index >= 15 is 0 Å². The van der Waals surface area contributed by atoms with E-state index in [0.29, 0.717) is 12.3 Å². The molecule has 0 unspecified atom stereocenters. The number of halogens is 1. The van der Waals surface area contributed by atoms with E-state index in [4.69, 9.17) is 4.74 Å². The minimum Gasteiger partial charge on any atom is -0.484 e. The Morgan fingerprint density at radius 2 is 1.70 bits per heavy atom. The van der Waals surface area contributed by atoms with Crippen molar-refractivity contribution in [3.8, 4) is 5.75 Å². The summed E-state index contributed by atoms with van der Waals surface area (Å²) in [5, 5.41) is 15.3. The van der Waals surface area contributed by atoms with Crippen LogP contribution < -0.4 is 15.4 Å². The number of hydrogen-bond donors (Lipinski definition) is 3. The summed E-state index contributed by atoms with van der Waals surface area (Å²) in [5.41, 5.74) is 0.531. The fourth-order valence-electron chi connectivity index (χ4n) is 1.70. The van der Waals surface area contributed by atoms with Crippen molar-refractivity contribution < 1.29 is 14.6 Å². The van der Waals surface area contributed by atoms with E-state index in [9.17, 15) is 9.90 Å². The van der Waals surface area contributed by atoms with Gasteiger partial charge < -0.3 is 20.5 Å². The fourth-order valence-corrected chi connectivity index (χ4v) is 1.70. The number of carbonyl (C=O) groups excluding carboxylic acids is 1. The lowest BCUT2D eigenvalue weighted by Gasteiger charge is -2.23. The number of carbonyl (C=O) groups is 1. The topological polar surface area (TPSA) is 70.6 Å². The molecule has 5 nitrogen and oxygen atoms in total. The number of rotatable bonds is 7. The van der Waals surface area contributed by atoms with Gasteiger partial charge in [0.1, 0.15) is 5.75 Å². The third-order valence-electron chi connectivity index (χ3n) is 2.97. The molecule has 0 fully saturated rings. The minimum atomic E-state index is -0.305. The molecule has 132 valence electrons. The Labute approximate surface area is 145 Å². The third-order valence-corrected chi connectivity index (χ3v) is 2.97. The minimum absolute atomic E-state index is 0. The zero-order valence-corrected chi connectivity index (χ0v) is 15.4. The monoisotopic (exact) mass is 344 g/mol. The van der Waals surface area contributed by atoms with Crippen LogP contribution >= 0.6 is 12.4 Å². The van der Waals surface area contributed by atoms with Crippen molar-refractivity contribution >= 4 is 18.3 Å². The van der Waals surface area contributed by atoms with Crippen molar-refractivity contribution in [1.29, 1.82) is 0 Å². The molecule has 1 aromatic carbocycles. The Morgan fingerprint density at radius 3 is 2.17 bits per heavy atom. The van der Waals surface area contributed by atoms with Crippen molar-refractivity contribution in [2.45, 2.75) is 52.2 Å². The molecular weight excluding hydrogens is 316 g/mol. The van der Waals surface area contributed by atoms with Crippen LogP contribution in [-0.2, 0) is 11.3 Å². The highest BCUT2D eigenvalue weighted by Crippen LogP contribution is 2.13. The quantitative estimate of drug-likeness (QED) is 0.709. The van der Waals surface area contributed by atoms with E-state index in [1.807, 2.05) is 58.9 Å². The highest BCUT2D eigenvalue weighted by Gasteiger charge is 2.15. The van der Waals surface area contributed by atoms with Gasteiger partial charge >= 0.3 is 0 Å². The van der Waals surface area contributed by atoms with Gasteiger partial charge in [0.2, 0.25) is 0 Å². The molecule has 0 aromatic heterocycles. The summed E-state index contributed by atoms with van der Waals surface area (Å²) in [7, 11) is 0. The molecule has 23 heavy (non-hydrogen) atoms. The van der Waals surface area contributed by atoms with E-state index in [1.165, 1.54) is 0 Å². The number of aliphatic hydroxyl groups excluding tert-OH is 1. The number of aliphatic hydroxyl groups is 1. The van der Waals surface area contributed by atoms with Gasteiger partial charge in [-0.3, -0.25) is 4.79 Å². The van der Waals surface area contributed by atoms with Crippen LogP contribution in [0.25, 0.3) is 0 Å². The normalized spacial score (nSPS) is 11.6. The van der Waals surface area contributed by atoms with Crippen molar-refractivity contribution in [3.05, 3.63) is 29.8 Å². The first-order valence-corrected chi connectivity index (χ1v) is 7.50. The molecule has 0 saturated carbocycles. The molecule has 0 spiro atoms. The Balaban J connectivity index is 0.00000484. The lowest BCUT2D eigenvalue weighted by Crippen LogP contribution is -2.43. The zero-order valence-electron chi connectivity index (χ0n) is 14.6. The van der Waals surface area contributed by atoms with Gasteiger partial charge in [-0.1, -0.05) is 12.1 Å². The lowest BCUT2D eigenvalue weighted by molar-refractivity contribution is -0.124. The molecule has 0 radical (unpaired) electrons. The zero-order chi connectivity index (χ0) is 16.8. The molecule has 3 N–H and O–H groups in total. The van der Waals surface area contributed by atoms with Gasteiger partial charge in [-0.05, 0) is 52.3 Å². The number of benzene rings is 1. The van der Waals surface area contributed by atoms with Gasteiger partial charge in [-0.15, -0.1) is 12.4 Å². The summed E-state index contributed by atoms with van der Waals surface area (Å²) in [4.78, 5) is 11.7. The molecule has 0 aliphatic heterocycles. The molecule has 6 heteroatoms. The van der Waals surface area contributed by atoms with Gasteiger partial charge in [0, 0.05) is 17.6 Å². The second-order valence-electron chi connectivity index (χ2n) is 7.13. The van der Waals surface area contributed by atoms with Crippen LogP contribution in [0.4, 0.5) is 0 Å². The standard InChI is InChI=1S/C17H28N2O3.ClH/c1-16(2,3)19-15(21)11-22-14-8-6-13(7-9-14)10-18-17(4,5)12-20;/h6-9,18,20H,10-12H2,1-5H3,(H,19,21);1H. The lowest BCUT2D eigenvalue weighted by atomic mass is 10.1. The molecule has 0 aliphatic carbocycles. The maximum absolute atomic E-state index is 11.7. The molecule has 0 atom stereocenters. The predicted molar refractivity (Wildman–Crippen MR) is 95.1 cm³/mol. The average Bonchev–Trinajstić information content (AvgIpc) is 2.42. The molecule has 0 saturated heterocycles. The van der Waals surface area contributed by atoms with E-state index in [1.54, 1.807) is 0 Å². The highest BCUT2D eigenvalue weighted by molar-refractivity contribution is 5.85. The van der Waals surface area contributed by atoms with E-state index < -0.39 is 0 Å². The van der Waals surface area contributed by atoms with Gasteiger partial charge in [0.25, 0.3) is 5.91 Å². The Kier molecular flexibility index (Phi) is 8.59. The Bertz CT molecular complexity index is 482. The summed E-state index contributed by atoms with van der Waals surface area (Å²) >= 11 is 0. The molecule has 1 rings (SSSR count). The summed E-state index contributed by atoms with van der Waals surface area (Å²) in [6, 6.07) is 7.57. The Morgan fingerprint density at radius 1 is 1.13 bits per heavy atom. The fraction of sp³-hybridized carbons (Fsp3) is 0.588. The molecular formula is C17H29ClN2O3. The first-order valence-electron chi connectivity index (χ1n) is 7.50. The SMILES string of the molecule is CC(C)(C)NC(=O)COc1ccc(CNC(C)(C)CO)cc1.Cl. The van der Waals surface area contributed by atoms with E-state index in [2.05, 4.69) is 10.6 Å². The molecule has 0 bridgehead atoms. The predicted octanol–water partition coefficient (Wildman–Crippen LogP) is 2.26. The average molecular weight is 345 g/mol. The first kappa shape index (κ1) is 21.7. The van der Waals surface area contributed by atoms with Crippen LogP contribution in [0.5, 0.6) is 5.75 Å². The van der Waals surface area contributed by atoms with Crippen LogP contribution in [0.2, 0.25) is 0 Å². The van der Waals surface area contributed by atoms with Crippen LogP contribution in [0.15, 0.2) is 24.3 Å². The second kappa shape index (κ2) is 9.11. The van der Waals surface area contributed by atoms with Gasteiger partial charge in [-0.2, -0.15) is 0 Å². The van der Waals surface area contributed by atoms with Crippen LogP contribution in [-0.4, -0.2) is 35.3 Å². The van der Waals surface area contributed by atoms with Gasteiger partial charge in [0.05, 0.1) is 6.61 Å².